The average molecular weight is 409 g/mol. The van der Waals surface area contributed by atoms with E-state index in [1.165, 1.54) is 19.3 Å². The number of nitrogens with zero attached hydrogens (tertiary/aromatic N) is 2. The Morgan fingerprint density at radius 3 is 2.24 bits per heavy atom. The lowest BCUT2D eigenvalue weighted by atomic mass is 10.1. The molecule has 0 aromatic heterocycles. The summed E-state index contributed by atoms with van der Waals surface area (Å²) in [6.07, 6.45) is 4.65. The Morgan fingerprint density at radius 2 is 1.67 bits per heavy atom. The van der Waals surface area contributed by atoms with Crippen LogP contribution < -0.4 is 5.32 Å². The van der Waals surface area contributed by atoms with E-state index in [-0.39, 0.29) is 15.7 Å². The van der Waals surface area contributed by atoms with Gasteiger partial charge in [0.2, 0.25) is 5.91 Å². The summed E-state index contributed by atoms with van der Waals surface area (Å²) in [7, 11) is 0. The summed E-state index contributed by atoms with van der Waals surface area (Å²) in [5.74, 6) is 0.395. The molecule has 1 N–H and O–H groups in total. The number of carbonyl (C=O) groups is 2. The molecule has 0 unspecified atom stereocenters. The van der Waals surface area contributed by atoms with E-state index in [4.69, 9.17) is 0 Å². The van der Waals surface area contributed by atoms with Crippen molar-refractivity contribution in [1.29, 1.82) is 0 Å². The molecule has 0 atom stereocenters. The quantitative estimate of drug-likeness (QED) is 0.290. The Bertz CT molecular complexity index is 329. The molecule has 1 aliphatic heterocycles. The lowest BCUT2D eigenvalue weighted by molar-refractivity contribution is -0.136. The molecule has 6 heteroatoms. The monoisotopic (exact) mass is 409 g/mol. The number of hydrogen-bond donors (Lipinski definition) is 1. The van der Waals surface area contributed by atoms with E-state index in [1.54, 1.807) is 22.6 Å². The maximum absolute atomic E-state index is 11.9. The van der Waals surface area contributed by atoms with Crippen molar-refractivity contribution in [2.75, 3.05) is 39.3 Å². The minimum atomic E-state index is 0.0291. The predicted octanol–water partition coefficient (Wildman–Crippen LogP) is 2.49. The SMILES string of the molecule is CC(C)C(=O)N1CCN(CCCCCCNC(=O)I)CC1. The van der Waals surface area contributed by atoms with Gasteiger partial charge in [0.15, 0.2) is 0 Å². The smallest absolute Gasteiger partial charge is 0.280 e. The summed E-state index contributed by atoms with van der Waals surface area (Å²) < 4.78 is 0.0291. The first-order chi connectivity index (χ1) is 10.0. The van der Waals surface area contributed by atoms with E-state index in [0.29, 0.717) is 0 Å². The Hall–Kier alpha value is -0.370. The van der Waals surface area contributed by atoms with Crippen LogP contribution in [-0.4, -0.2) is 58.9 Å². The van der Waals surface area contributed by atoms with Crippen molar-refractivity contribution in [2.45, 2.75) is 39.5 Å². The first-order valence-corrected chi connectivity index (χ1v) is 9.03. The van der Waals surface area contributed by atoms with Gasteiger partial charge in [-0.3, -0.25) is 14.5 Å². The van der Waals surface area contributed by atoms with Crippen LogP contribution in [0.5, 0.6) is 0 Å². The lowest BCUT2D eigenvalue weighted by Crippen LogP contribution is -2.49. The third-order valence-electron chi connectivity index (χ3n) is 3.84. The highest BCUT2D eigenvalue weighted by molar-refractivity contribution is 14.1. The number of halogens is 1. The van der Waals surface area contributed by atoms with Gasteiger partial charge in [-0.2, -0.15) is 0 Å². The Labute approximate surface area is 141 Å². The van der Waals surface area contributed by atoms with Crippen LogP contribution in [0.4, 0.5) is 4.79 Å². The molecule has 2 amide bonds. The minimum Gasteiger partial charge on any atom is -0.348 e. The Morgan fingerprint density at radius 1 is 1.05 bits per heavy atom. The Kier molecular flexibility index (Phi) is 9.23. The highest BCUT2D eigenvalue weighted by atomic mass is 127. The number of nitrogens with one attached hydrogen (secondary N) is 1. The molecule has 1 saturated heterocycles. The lowest BCUT2D eigenvalue weighted by Gasteiger charge is -2.35. The summed E-state index contributed by atoms with van der Waals surface area (Å²) in [5, 5.41) is 2.81. The molecule has 1 rings (SSSR count). The summed E-state index contributed by atoms with van der Waals surface area (Å²) >= 11 is 1.77. The Balaban J connectivity index is 2.01. The van der Waals surface area contributed by atoms with E-state index in [9.17, 15) is 9.59 Å². The molecule has 21 heavy (non-hydrogen) atoms. The minimum absolute atomic E-state index is 0.0291. The molecule has 1 aliphatic rings. The van der Waals surface area contributed by atoms with E-state index in [2.05, 4.69) is 10.2 Å². The van der Waals surface area contributed by atoms with Crippen LogP contribution in [0.15, 0.2) is 0 Å². The standard InChI is InChI=1S/C15H28IN3O2/c1-13(2)14(20)19-11-9-18(10-12-19)8-6-4-3-5-7-17-15(16)21/h13H,3-12H2,1-2H3,(H,17,21). The first-order valence-electron chi connectivity index (χ1n) is 7.95. The van der Waals surface area contributed by atoms with E-state index < -0.39 is 0 Å². The number of hydrogen-bond acceptors (Lipinski definition) is 3. The van der Waals surface area contributed by atoms with Crippen LogP contribution in [0.25, 0.3) is 0 Å². The van der Waals surface area contributed by atoms with Gasteiger partial charge < -0.3 is 10.2 Å². The number of piperazine rings is 1. The van der Waals surface area contributed by atoms with Gasteiger partial charge in [0.05, 0.1) is 0 Å². The van der Waals surface area contributed by atoms with Crippen molar-refractivity contribution < 1.29 is 9.59 Å². The molecule has 0 aromatic carbocycles. The van der Waals surface area contributed by atoms with Gasteiger partial charge in [-0.1, -0.05) is 26.7 Å². The number of unbranched alkanes of at least 4 members (excludes halogenated alkanes) is 3. The highest BCUT2D eigenvalue weighted by Crippen LogP contribution is 2.09. The molecule has 1 heterocycles. The maximum atomic E-state index is 11.9. The second-order valence-corrected chi connectivity index (χ2v) is 6.92. The van der Waals surface area contributed by atoms with Crippen LogP contribution in [0.2, 0.25) is 0 Å². The fourth-order valence-corrected chi connectivity index (χ4v) is 2.83. The van der Waals surface area contributed by atoms with Crippen LogP contribution in [0, 0.1) is 5.92 Å². The number of amides is 2. The average Bonchev–Trinajstić information content (AvgIpc) is 2.45. The highest BCUT2D eigenvalue weighted by Gasteiger charge is 2.22. The summed E-state index contributed by atoms with van der Waals surface area (Å²) in [5.41, 5.74) is 0. The topological polar surface area (TPSA) is 52.7 Å². The fourth-order valence-electron chi connectivity index (χ4n) is 2.56. The fraction of sp³-hybridized carbons (Fsp3) is 0.867. The maximum Gasteiger partial charge on any atom is 0.280 e. The zero-order chi connectivity index (χ0) is 15.7. The van der Waals surface area contributed by atoms with Gasteiger partial charge in [0.25, 0.3) is 3.91 Å². The molecule has 0 spiro atoms. The molecular weight excluding hydrogens is 381 g/mol. The number of carbonyl (C=O) groups excluding carboxylic acids is 2. The molecule has 1 fully saturated rings. The van der Waals surface area contributed by atoms with Gasteiger partial charge in [0, 0.05) is 61.2 Å². The van der Waals surface area contributed by atoms with Crippen LogP contribution in [0.1, 0.15) is 39.5 Å². The molecule has 122 valence electrons. The molecule has 0 radical (unpaired) electrons. The van der Waals surface area contributed by atoms with Crippen molar-refractivity contribution >= 4 is 32.4 Å². The molecule has 5 nitrogen and oxygen atoms in total. The van der Waals surface area contributed by atoms with Gasteiger partial charge in [-0.05, 0) is 19.4 Å². The van der Waals surface area contributed by atoms with Crippen molar-refractivity contribution in [3.8, 4) is 0 Å². The van der Waals surface area contributed by atoms with Gasteiger partial charge in [0.1, 0.15) is 0 Å². The molecule has 0 aliphatic carbocycles. The third-order valence-corrected chi connectivity index (χ3v) is 4.22. The normalized spacial score (nSPS) is 16.3. The van der Waals surface area contributed by atoms with E-state index >= 15 is 0 Å². The van der Waals surface area contributed by atoms with Gasteiger partial charge in [-0.25, -0.2) is 0 Å². The van der Waals surface area contributed by atoms with Crippen LogP contribution >= 0.6 is 22.6 Å². The van der Waals surface area contributed by atoms with Crippen molar-refractivity contribution in [3.63, 3.8) is 0 Å². The van der Waals surface area contributed by atoms with Crippen LogP contribution in [-0.2, 0) is 4.79 Å². The van der Waals surface area contributed by atoms with E-state index in [1.807, 2.05) is 18.7 Å². The number of rotatable bonds is 8. The molecule has 0 bridgehead atoms. The molecular formula is C15H28IN3O2. The zero-order valence-electron chi connectivity index (χ0n) is 13.2. The zero-order valence-corrected chi connectivity index (χ0v) is 15.4. The summed E-state index contributed by atoms with van der Waals surface area (Å²) in [6, 6.07) is 0. The third kappa shape index (κ3) is 7.99. The van der Waals surface area contributed by atoms with Crippen LogP contribution in [0.3, 0.4) is 0 Å². The van der Waals surface area contributed by atoms with Crippen molar-refractivity contribution in [1.82, 2.24) is 15.1 Å². The molecule has 0 aromatic rings. The second-order valence-electron chi connectivity index (χ2n) is 5.94. The van der Waals surface area contributed by atoms with Crippen molar-refractivity contribution in [2.24, 2.45) is 5.92 Å². The first kappa shape index (κ1) is 18.7. The van der Waals surface area contributed by atoms with Crippen molar-refractivity contribution in [3.05, 3.63) is 0 Å². The van der Waals surface area contributed by atoms with E-state index in [0.717, 1.165) is 45.7 Å². The summed E-state index contributed by atoms with van der Waals surface area (Å²) in [4.78, 5) is 27.0. The van der Waals surface area contributed by atoms with Gasteiger partial charge >= 0.3 is 0 Å². The van der Waals surface area contributed by atoms with Gasteiger partial charge in [-0.15, -0.1) is 0 Å². The summed E-state index contributed by atoms with van der Waals surface area (Å²) in [6.45, 7) is 9.61. The second kappa shape index (κ2) is 10.4. The predicted molar refractivity (Wildman–Crippen MR) is 93.7 cm³/mol. The molecule has 0 saturated carbocycles. The largest absolute Gasteiger partial charge is 0.348 e.